The predicted molar refractivity (Wildman–Crippen MR) is 69.5 cm³/mol. The normalized spacial score (nSPS) is 15.2. The third-order valence-corrected chi connectivity index (χ3v) is 2.66. The van der Waals surface area contributed by atoms with Gasteiger partial charge in [-0.15, -0.1) is 0 Å². The predicted octanol–water partition coefficient (Wildman–Crippen LogP) is 3.42. The lowest BCUT2D eigenvalue weighted by Gasteiger charge is -2.16. The lowest BCUT2D eigenvalue weighted by Crippen LogP contribution is -2.16. The van der Waals surface area contributed by atoms with E-state index in [2.05, 4.69) is 19.6 Å². The van der Waals surface area contributed by atoms with Crippen LogP contribution < -0.4 is 5.73 Å². The van der Waals surface area contributed by atoms with Gasteiger partial charge in [0.2, 0.25) is 0 Å². The zero-order valence-corrected chi connectivity index (χ0v) is 11.2. The summed E-state index contributed by atoms with van der Waals surface area (Å²) in [7, 11) is 1.50. The Hall–Kier alpha value is -0.570. The van der Waals surface area contributed by atoms with E-state index >= 15 is 0 Å². The van der Waals surface area contributed by atoms with Crippen LogP contribution in [0.2, 0.25) is 0 Å². The zero-order valence-electron chi connectivity index (χ0n) is 11.2. The van der Waals surface area contributed by atoms with E-state index in [4.69, 9.17) is 5.11 Å². The minimum atomic E-state index is -0.602. The van der Waals surface area contributed by atoms with Gasteiger partial charge in [0.1, 0.15) is 0 Å². The van der Waals surface area contributed by atoms with Crippen LogP contribution in [0.5, 0.6) is 0 Å². The maximum absolute atomic E-state index is 10.4. The van der Waals surface area contributed by atoms with Gasteiger partial charge in [-0.3, -0.25) is 4.79 Å². The van der Waals surface area contributed by atoms with Crippen molar-refractivity contribution in [2.45, 2.75) is 65.2 Å². The number of aliphatic carboxylic acids is 1. The molecule has 0 unspecified atom stereocenters. The minimum absolute atomic E-state index is 0.0289. The van der Waals surface area contributed by atoms with Gasteiger partial charge >= 0.3 is 5.97 Å². The Labute approximate surface area is 100 Å². The van der Waals surface area contributed by atoms with E-state index < -0.39 is 5.97 Å². The van der Waals surface area contributed by atoms with E-state index in [9.17, 15) is 4.79 Å². The molecule has 3 N–H and O–H groups in total. The Bertz CT molecular complexity index is 141. The van der Waals surface area contributed by atoms with Crippen molar-refractivity contribution in [1.29, 1.82) is 0 Å². The second kappa shape index (κ2) is 14.4. The summed E-state index contributed by atoms with van der Waals surface area (Å²) in [6.45, 7) is 4.42. The van der Waals surface area contributed by atoms with Gasteiger partial charge in [0.15, 0.2) is 0 Å². The van der Waals surface area contributed by atoms with E-state index in [1.807, 2.05) is 0 Å². The molecule has 0 aromatic heterocycles. The molecule has 16 heavy (non-hydrogen) atoms. The summed E-state index contributed by atoms with van der Waals surface area (Å²) in [5.74, 6) is -0.631. The number of carboxylic acids is 1. The molecule has 1 rings (SSSR count). The molecule has 3 heteroatoms. The van der Waals surface area contributed by atoms with Crippen molar-refractivity contribution >= 4 is 5.97 Å². The smallest absolute Gasteiger partial charge is 0.306 e. The summed E-state index contributed by atoms with van der Waals surface area (Å²) in [6.07, 6.45) is 9.31. The van der Waals surface area contributed by atoms with Crippen LogP contribution >= 0.6 is 0 Å². The van der Waals surface area contributed by atoms with Gasteiger partial charge in [0.25, 0.3) is 0 Å². The second-order valence-corrected chi connectivity index (χ2v) is 4.03. The van der Waals surface area contributed by atoms with Gasteiger partial charge in [0.05, 0.1) is 5.92 Å². The summed E-state index contributed by atoms with van der Waals surface area (Å²) in [5, 5.41) is 8.54. The largest absolute Gasteiger partial charge is 0.481 e. The van der Waals surface area contributed by atoms with Crippen molar-refractivity contribution < 1.29 is 9.90 Å². The fourth-order valence-electron chi connectivity index (χ4n) is 1.70. The molecular formula is C13H29NO2. The van der Waals surface area contributed by atoms with Crippen molar-refractivity contribution in [3.63, 3.8) is 0 Å². The molecule has 0 bridgehead atoms. The highest BCUT2D eigenvalue weighted by Gasteiger charge is 2.19. The van der Waals surface area contributed by atoms with Crippen molar-refractivity contribution in [1.82, 2.24) is 0 Å². The van der Waals surface area contributed by atoms with Gasteiger partial charge in [-0.1, -0.05) is 52.4 Å². The number of hydrogen-bond donors (Lipinski definition) is 2. The number of carboxylic acid groups (broad SMARTS) is 1. The topological polar surface area (TPSA) is 63.3 Å². The molecule has 3 nitrogen and oxygen atoms in total. The van der Waals surface area contributed by atoms with Gasteiger partial charge < -0.3 is 10.8 Å². The Morgan fingerprint density at radius 3 is 1.75 bits per heavy atom. The average molecular weight is 231 g/mol. The highest BCUT2D eigenvalue weighted by molar-refractivity contribution is 5.69. The highest BCUT2D eigenvalue weighted by atomic mass is 16.4. The molecule has 0 aromatic carbocycles. The average Bonchev–Trinajstić information content (AvgIpc) is 2.34. The molecule has 1 saturated carbocycles. The molecule has 0 amide bonds. The first-order valence-electron chi connectivity index (χ1n) is 6.52. The van der Waals surface area contributed by atoms with E-state index in [0.29, 0.717) is 0 Å². The quantitative estimate of drug-likeness (QED) is 0.782. The third-order valence-electron chi connectivity index (χ3n) is 2.66. The maximum atomic E-state index is 10.4. The van der Waals surface area contributed by atoms with Crippen LogP contribution in [-0.2, 0) is 4.79 Å². The molecule has 0 radical (unpaired) electrons. The fraction of sp³-hybridized carbons (Fsp3) is 0.923. The third kappa shape index (κ3) is 11.5. The summed E-state index contributed by atoms with van der Waals surface area (Å²) >= 11 is 0. The first kappa shape index (κ1) is 17.8. The highest BCUT2D eigenvalue weighted by Crippen LogP contribution is 2.23. The molecule has 0 atom stereocenters. The molecule has 0 saturated heterocycles. The molecule has 98 valence electrons. The van der Waals surface area contributed by atoms with E-state index in [-0.39, 0.29) is 5.92 Å². The Balaban J connectivity index is 0. The Kier molecular flexibility index (Phi) is 16.1. The molecular weight excluding hydrogens is 202 g/mol. The van der Waals surface area contributed by atoms with Crippen molar-refractivity contribution in [2.75, 3.05) is 7.05 Å². The molecule has 1 fully saturated rings. The van der Waals surface area contributed by atoms with Crippen LogP contribution in [0.25, 0.3) is 0 Å². The van der Waals surface area contributed by atoms with Crippen molar-refractivity contribution in [2.24, 2.45) is 11.7 Å². The summed E-state index contributed by atoms with van der Waals surface area (Å²) < 4.78 is 0. The summed E-state index contributed by atoms with van der Waals surface area (Å²) in [4.78, 5) is 10.4. The van der Waals surface area contributed by atoms with Gasteiger partial charge in [-0.2, -0.15) is 0 Å². The second-order valence-electron chi connectivity index (χ2n) is 4.03. The SMILES string of the molecule is CCCCC.CN.O=C(O)C1CCCCC1. The molecule has 0 aromatic rings. The maximum Gasteiger partial charge on any atom is 0.306 e. The van der Waals surface area contributed by atoms with Gasteiger partial charge in [-0.25, -0.2) is 0 Å². The Morgan fingerprint density at radius 1 is 1.12 bits per heavy atom. The van der Waals surface area contributed by atoms with E-state index in [1.54, 1.807) is 0 Å². The van der Waals surface area contributed by atoms with Gasteiger partial charge in [0, 0.05) is 0 Å². The van der Waals surface area contributed by atoms with E-state index in [1.165, 1.54) is 32.7 Å². The number of unbranched alkanes of at least 4 members (excludes halogenated alkanes) is 2. The van der Waals surface area contributed by atoms with Crippen molar-refractivity contribution in [3.05, 3.63) is 0 Å². The zero-order chi connectivity index (χ0) is 12.8. The van der Waals surface area contributed by atoms with Crippen LogP contribution in [0.15, 0.2) is 0 Å². The van der Waals surface area contributed by atoms with Crippen LogP contribution in [0, 0.1) is 5.92 Å². The fourth-order valence-corrected chi connectivity index (χ4v) is 1.70. The van der Waals surface area contributed by atoms with Crippen molar-refractivity contribution in [3.8, 4) is 0 Å². The van der Waals surface area contributed by atoms with Crippen LogP contribution in [0.3, 0.4) is 0 Å². The first-order chi connectivity index (χ1) is 7.72. The lowest BCUT2D eigenvalue weighted by molar-refractivity contribution is -0.142. The first-order valence-corrected chi connectivity index (χ1v) is 6.52. The number of nitrogens with two attached hydrogens (primary N) is 1. The lowest BCUT2D eigenvalue weighted by atomic mass is 9.90. The molecule has 0 heterocycles. The summed E-state index contributed by atoms with van der Waals surface area (Å²) in [6, 6.07) is 0. The summed E-state index contributed by atoms with van der Waals surface area (Å²) in [5.41, 5.74) is 4.50. The van der Waals surface area contributed by atoms with Crippen LogP contribution in [-0.4, -0.2) is 18.1 Å². The number of rotatable bonds is 3. The van der Waals surface area contributed by atoms with Gasteiger partial charge in [-0.05, 0) is 19.9 Å². The molecule has 0 spiro atoms. The molecule has 1 aliphatic carbocycles. The van der Waals surface area contributed by atoms with E-state index in [0.717, 1.165) is 25.7 Å². The Morgan fingerprint density at radius 2 is 1.56 bits per heavy atom. The number of carbonyl (C=O) groups is 1. The minimum Gasteiger partial charge on any atom is -0.481 e. The standard InChI is InChI=1S/C7H12O2.C5H12.CH5N/c8-7(9)6-4-2-1-3-5-6;1-3-5-4-2;1-2/h6H,1-5H2,(H,8,9);3-5H2,1-2H3;2H2,1H3. The molecule has 1 aliphatic rings. The van der Waals surface area contributed by atoms with Crippen LogP contribution in [0.4, 0.5) is 0 Å². The monoisotopic (exact) mass is 231 g/mol. The van der Waals surface area contributed by atoms with Crippen LogP contribution in [0.1, 0.15) is 65.2 Å². The number of hydrogen-bond acceptors (Lipinski definition) is 2. The molecule has 0 aliphatic heterocycles.